The van der Waals surface area contributed by atoms with Crippen LogP contribution >= 0.6 is 24.0 Å². The van der Waals surface area contributed by atoms with Gasteiger partial charge in [0.05, 0.1) is 13.7 Å². The molecule has 6 heteroatoms. The van der Waals surface area contributed by atoms with Crippen LogP contribution in [0, 0.1) is 6.92 Å². The van der Waals surface area contributed by atoms with E-state index in [1.807, 2.05) is 55.5 Å². The predicted molar refractivity (Wildman–Crippen MR) is 114 cm³/mol. The number of nitrogens with one attached hydrogen (secondary N) is 1. The van der Waals surface area contributed by atoms with Crippen LogP contribution in [0.5, 0.6) is 11.5 Å². The average Bonchev–Trinajstić information content (AvgIpc) is 2.58. The molecular weight excluding hydrogens is 429 g/mol. The van der Waals surface area contributed by atoms with E-state index in [1.165, 1.54) is 5.56 Å². The molecule has 0 spiro atoms. The van der Waals surface area contributed by atoms with Gasteiger partial charge in [0.2, 0.25) is 0 Å². The quantitative estimate of drug-likeness (QED) is 0.373. The Labute approximate surface area is 166 Å². The van der Waals surface area contributed by atoms with Gasteiger partial charge < -0.3 is 20.5 Å². The Morgan fingerprint density at radius 3 is 2.56 bits per heavy atom. The van der Waals surface area contributed by atoms with E-state index in [4.69, 9.17) is 15.2 Å². The highest BCUT2D eigenvalue weighted by Gasteiger charge is 2.08. The summed E-state index contributed by atoms with van der Waals surface area (Å²) in [6.45, 7) is 4.61. The molecule has 0 aliphatic rings. The van der Waals surface area contributed by atoms with Crippen LogP contribution in [0.3, 0.4) is 0 Å². The highest BCUT2D eigenvalue weighted by atomic mass is 127. The van der Waals surface area contributed by atoms with Crippen LogP contribution in [0.2, 0.25) is 0 Å². The molecule has 1 atom stereocenters. The summed E-state index contributed by atoms with van der Waals surface area (Å²) in [6.07, 6.45) is 0.835. The molecule has 0 saturated carbocycles. The van der Waals surface area contributed by atoms with Crippen molar-refractivity contribution >= 4 is 35.6 Å². The van der Waals surface area contributed by atoms with Crippen LogP contribution < -0.4 is 20.5 Å². The minimum Gasteiger partial charge on any atom is -0.497 e. The summed E-state index contributed by atoms with van der Waals surface area (Å²) in [7, 11) is 1.63. The van der Waals surface area contributed by atoms with Crippen LogP contribution in [-0.2, 0) is 0 Å². The molecule has 2 aromatic carbocycles. The maximum Gasteiger partial charge on any atom is 0.193 e. The van der Waals surface area contributed by atoms with Gasteiger partial charge in [-0.3, -0.25) is 0 Å². The summed E-state index contributed by atoms with van der Waals surface area (Å²) < 4.78 is 11.2. The summed E-state index contributed by atoms with van der Waals surface area (Å²) >= 11 is 0. The number of halogens is 1. The molecule has 5 nitrogen and oxygen atoms in total. The maximum atomic E-state index is 5.97. The molecule has 1 unspecified atom stereocenters. The second kappa shape index (κ2) is 10.8. The number of aryl methyl sites for hydroxylation is 1. The Morgan fingerprint density at radius 1 is 1.16 bits per heavy atom. The van der Waals surface area contributed by atoms with Gasteiger partial charge >= 0.3 is 0 Å². The van der Waals surface area contributed by atoms with Crippen molar-refractivity contribution in [3.8, 4) is 11.5 Å². The van der Waals surface area contributed by atoms with Crippen molar-refractivity contribution in [3.63, 3.8) is 0 Å². The van der Waals surface area contributed by atoms with Crippen molar-refractivity contribution < 1.29 is 9.47 Å². The van der Waals surface area contributed by atoms with Crippen LogP contribution in [-0.4, -0.2) is 25.7 Å². The van der Waals surface area contributed by atoms with Gasteiger partial charge in [-0.25, -0.2) is 4.99 Å². The zero-order valence-corrected chi connectivity index (χ0v) is 17.2. The van der Waals surface area contributed by atoms with Crippen molar-refractivity contribution in [1.29, 1.82) is 0 Å². The van der Waals surface area contributed by atoms with E-state index in [0.29, 0.717) is 12.5 Å². The monoisotopic (exact) mass is 455 g/mol. The summed E-state index contributed by atoms with van der Waals surface area (Å²) in [5, 5.41) is 3.06. The molecule has 0 amide bonds. The van der Waals surface area contributed by atoms with Gasteiger partial charge in [-0.15, -0.1) is 24.0 Å². The first kappa shape index (κ1) is 21.1. The smallest absolute Gasteiger partial charge is 0.193 e. The molecule has 0 fully saturated rings. The number of nitrogens with zero attached hydrogens (tertiary/aromatic N) is 1. The lowest BCUT2D eigenvalue weighted by Gasteiger charge is -2.16. The van der Waals surface area contributed by atoms with Gasteiger partial charge in [-0.2, -0.15) is 0 Å². The summed E-state index contributed by atoms with van der Waals surface area (Å²) in [5.41, 5.74) is 7.97. The fraction of sp³-hybridized carbons (Fsp3) is 0.316. The Bertz CT molecular complexity index is 692. The normalized spacial score (nSPS) is 12.0. The van der Waals surface area contributed by atoms with Gasteiger partial charge in [0.15, 0.2) is 5.96 Å². The Hall–Kier alpha value is -1.96. The third-order valence-electron chi connectivity index (χ3n) is 3.56. The van der Waals surface area contributed by atoms with Crippen LogP contribution in [0.1, 0.15) is 18.9 Å². The third kappa shape index (κ3) is 7.21. The van der Waals surface area contributed by atoms with Crippen molar-refractivity contribution in [2.24, 2.45) is 10.7 Å². The molecule has 136 valence electrons. The lowest BCUT2D eigenvalue weighted by atomic mass is 10.2. The Kier molecular flexibility index (Phi) is 9.12. The van der Waals surface area contributed by atoms with E-state index >= 15 is 0 Å². The molecule has 3 N–H and O–H groups in total. The van der Waals surface area contributed by atoms with E-state index in [1.54, 1.807) is 7.11 Å². The van der Waals surface area contributed by atoms with E-state index < -0.39 is 0 Å². The summed E-state index contributed by atoms with van der Waals surface area (Å²) in [6, 6.07) is 15.5. The largest absolute Gasteiger partial charge is 0.497 e. The van der Waals surface area contributed by atoms with Crippen molar-refractivity contribution in [2.45, 2.75) is 26.4 Å². The lowest BCUT2D eigenvalue weighted by molar-refractivity contribution is 0.205. The minimum absolute atomic E-state index is 0. The van der Waals surface area contributed by atoms with Gasteiger partial charge in [-0.1, -0.05) is 25.1 Å². The number of rotatable bonds is 7. The van der Waals surface area contributed by atoms with Crippen LogP contribution in [0.25, 0.3) is 0 Å². The number of nitrogens with two attached hydrogens (primary N) is 1. The molecule has 0 radical (unpaired) electrons. The summed E-state index contributed by atoms with van der Waals surface area (Å²) in [5.74, 6) is 1.98. The van der Waals surface area contributed by atoms with E-state index in [2.05, 4.69) is 17.2 Å². The van der Waals surface area contributed by atoms with Crippen LogP contribution in [0.15, 0.2) is 53.5 Å². The van der Waals surface area contributed by atoms with Gasteiger partial charge in [0, 0.05) is 11.8 Å². The van der Waals surface area contributed by atoms with Crippen molar-refractivity contribution in [2.75, 3.05) is 19.0 Å². The van der Waals surface area contributed by atoms with E-state index in [9.17, 15) is 0 Å². The van der Waals surface area contributed by atoms with Crippen molar-refractivity contribution in [1.82, 2.24) is 0 Å². The zero-order chi connectivity index (χ0) is 17.4. The molecule has 0 saturated heterocycles. The van der Waals surface area contributed by atoms with E-state index in [-0.39, 0.29) is 30.1 Å². The highest BCUT2D eigenvalue weighted by Crippen LogP contribution is 2.17. The van der Waals surface area contributed by atoms with E-state index in [0.717, 1.165) is 23.6 Å². The average molecular weight is 455 g/mol. The first-order valence-corrected chi connectivity index (χ1v) is 8.05. The Balaban J connectivity index is 0.00000312. The number of hydrogen-bond donors (Lipinski definition) is 2. The SMILES string of the molecule is CCC(CN=C(N)Nc1cccc(OC)c1)Oc1cccc(C)c1.I. The number of methoxy groups -OCH3 is 1. The minimum atomic E-state index is -0.0162. The standard InChI is InChI=1S/C19H25N3O2.HI/c1-4-16(24-18-10-5-7-14(2)11-18)13-21-19(20)22-15-8-6-9-17(12-15)23-3;/h5-12,16H,4,13H2,1-3H3,(H3,20,21,22);1H. The molecule has 2 rings (SSSR count). The van der Waals surface area contributed by atoms with Crippen LogP contribution in [0.4, 0.5) is 5.69 Å². The predicted octanol–water partition coefficient (Wildman–Crippen LogP) is 4.21. The highest BCUT2D eigenvalue weighted by molar-refractivity contribution is 14.0. The Morgan fingerprint density at radius 2 is 1.88 bits per heavy atom. The second-order valence-corrected chi connectivity index (χ2v) is 5.55. The molecule has 0 aliphatic heterocycles. The third-order valence-corrected chi connectivity index (χ3v) is 3.56. The number of benzene rings is 2. The molecular formula is C19H26IN3O2. The molecule has 0 aliphatic carbocycles. The fourth-order valence-electron chi connectivity index (χ4n) is 2.22. The van der Waals surface area contributed by atoms with Gasteiger partial charge in [-0.05, 0) is 43.2 Å². The maximum absolute atomic E-state index is 5.97. The lowest BCUT2D eigenvalue weighted by Crippen LogP contribution is -2.26. The number of anilines is 1. The molecule has 0 aromatic heterocycles. The summed E-state index contributed by atoms with van der Waals surface area (Å²) in [4.78, 5) is 4.38. The van der Waals surface area contributed by atoms with Crippen molar-refractivity contribution in [3.05, 3.63) is 54.1 Å². The number of ether oxygens (including phenoxy) is 2. The number of hydrogen-bond acceptors (Lipinski definition) is 3. The molecule has 25 heavy (non-hydrogen) atoms. The topological polar surface area (TPSA) is 68.9 Å². The van der Waals surface area contributed by atoms with Gasteiger partial charge in [0.25, 0.3) is 0 Å². The first-order chi connectivity index (χ1) is 11.6. The zero-order valence-electron chi connectivity index (χ0n) is 14.9. The molecule has 0 heterocycles. The van der Waals surface area contributed by atoms with Gasteiger partial charge in [0.1, 0.15) is 17.6 Å². The molecule has 2 aromatic rings. The second-order valence-electron chi connectivity index (χ2n) is 5.55. The first-order valence-electron chi connectivity index (χ1n) is 8.05. The number of guanidine groups is 1. The fourth-order valence-corrected chi connectivity index (χ4v) is 2.22. The number of aliphatic imine (C=N–C) groups is 1. The molecule has 0 bridgehead atoms.